The van der Waals surface area contributed by atoms with Gasteiger partial charge in [-0.05, 0) is 0 Å². The Morgan fingerprint density at radius 3 is 2.67 bits per heavy atom. The van der Waals surface area contributed by atoms with Gasteiger partial charge in [0, 0.05) is 0 Å². The second kappa shape index (κ2) is 4.42. The van der Waals surface area contributed by atoms with Gasteiger partial charge in [-0.3, -0.25) is 0 Å². The number of esters is 1. The van der Waals surface area contributed by atoms with E-state index < -0.39 is 36.5 Å². The minimum atomic E-state index is -2.31. The van der Waals surface area contributed by atoms with Gasteiger partial charge in [-0.1, -0.05) is 0 Å². The Morgan fingerprint density at radius 2 is 2.20 bits per heavy atom. The largest absolute Gasteiger partial charge is 0.467 e. The summed E-state index contributed by atoms with van der Waals surface area (Å²) >= 11 is 0. The van der Waals surface area contributed by atoms with Gasteiger partial charge in [0.25, 0.3) is 0 Å². The molecule has 87 valence electrons. The van der Waals surface area contributed by atoms with Crippen molar-refractivity contribution in [2.24, 2.45) is 0 Å². The number of ether oxygens (including phenoxy) is 2. The van der Waals surface area contributed by atoms with E-state index in [0.29, 0.717) is 6.61 Å². The third-order valence-electron chi connectivity index (χ3n) is 2.33. The van der Waals surface area contributed by atoms with Crippen molar-refractivity contribution in [3.8, 4) is 0 Å². The van der Waals surface area contributed by atoms with Gasteiger partial charge in [0.05, 0.1) is 13.7 Å². The molecule has 1 heterocycles. The van der Waals surface area contributed by atoms with Crippen molar-refractivity contribution < 1.29 is 34.7 Å². The highest BCUT2D eigenvalue weighted by Crippen LogP contribution is 2.26. The Bertz CT molecular complexity index is 243. The van der Waals surface area contributed by atoms with Gasteiger partial charge in [0.2, 0.25) is 5.60 Å². The summed E-state index contributed by atoms with van der Waals surface area (Å²) in [6.45, 7) is -0.0373. The van der Waals surface area contributed by atoms with E-state index in [4.69, 9.17) is 9.84 Å². The molecule has 0 saturated carbocycles. The monoisotopic (exact) mass is 221 g/mol. The lowest BCUT2D eigenvalue weighted by molar-refractivity contribution is -0.239. The Kier molecular flexibility index (Phi) is 3.63. The van der Waals surface area contributed by atoms with Crippen molar-refractivity contribution in [1.82, 2.24) is 0 Å². The molecule has 0 aromatic rings. The maximum absolute atomic E-state index is 11.1. The fraction of sp³-hybridized carbons (Fsp3) is 0.750. The van der Waals surface area contributed by atoms with Gasteiger partial charge in [-0.25, -0.2) is 4.79 Å². The molecular formula is C8H13O7. The summed E-state index contributed by atoms with van der Waals surface area (Å²) in [5.74, 6) is -1.11. The van der Waals surface area contributed by atoms with Crippen molar-refractivity contribution in [3.63, 3.8) is 0 Å². The molecular weight excluding hydrogens is 208 g/mol. The first-order valence-electron chi connectivity index (χ1n) is 4.23. The lowest BCUT2D eigenvalue weighted by atomic mass is 9.88. The van der Waals surface area contributed by atoms with Gasteiger partial charge in [-0.15, -0.1) is 0 Å². The summed E-state index contributed by atoms with van der Waals surface area (Å²) in [7, 11) is 1.03. The van der Waals surface area contributed by atoms with Crippen LogP contribution >= 0.6 is 0 Å². The zero-order chi connectivity index (χ0) is 11.6. The van der Waals surface area contributed by atoms with Crippen LogP contribution in [0.2, 0.25) is 0 Å². The minimum absolute atomic E-state index is 0.532. The van der Waals surface area contributed by atoms with Crippen LogP contribution in [0.1, 0.15) is 0 Å². The van der Waals surface area contributed by atoms with Crippen LogP contribution in [0.5, 0.6) is 0 Å². The van der Waals surface area contributed by atoms with E-state index in [9.17, 15) is 20.1 Å². The first-order valence-corrected chi connectivity index (χ1v) is 4.23. The average molecular weight is 221 g/mol. The molecule has 4 atom stereocenters. The van der Waals surface area contributed by atoms with Crippen molar-refractivity contribution in [2.45, 2.75) is 23.9 Å². The molecule has 15 heavy (non-hydrogen) atoms. The van der Waals surface area contributed by atoms with E-state index in [-0.39, 0.29) is 0 Å². The summed E-state index contributed by atoms with van der Waals surface area (Å²) < 4.78 is 9.05. The number of aliphatic hydroxyl groups excluding tert-OH is 3. The molecule has 0 aliphatic carbocycles. The molecule has 1 radical (unpaired) electrons. The summed E-state index contributed by atoms with van der Waals surface area (Å²) in [5.41, 5.74) is -2.31. The predicted molar refractivity (Wildman–Crippen MR) is 45.0 cm³/mol. The van der Waals surface area contributed by atoms with Crippen LogP contribution in [-0.2, 0) is 14.3 Å². The van der Waals surface area contributed by atoms with Crippen LogP contribution in [-0.4, -0.2) is 64.0 Å². The first kappa shape index (κ1) is 12.3. The van der Waals surface area contributed by atoms with E-state index in [1.807, 2.05) is 0 Å². The highest BCUT2D eigenvalue weighted by molar-refractivity contribution is 5.80. The van der Waals surface area contributed by atoms with Gasteiger partial charge in [0.15, 0.2) is 0 Å². The molecule has 7 heteroatoms. The molecule has 0 unspecified atom stereocenters. The lowest BCUT2D eigenvalue weighted by Crippen LogP contribution is -2.65. The average Bonchev–Trinajstić information content (AvgIpc) is 2.25. The molecule has 0 aromatic carbocycles. The zero-order valence-electron chi connectivity index (χ0n) is 8.03. The third kappa shape index (κ3) is 1.97. The molecule has 0 aromatic heterocycles. The van der Waals surface area contributed by atoms with Crippen LogP contribution in [0.3, 0.4) is 0 Å². The van der Waals surface area contributed by atoms with Crippen LogP contribution in [0.15, 0.2) is 0 Å². The maximum atomic E-state index is 11.1. The molecule has 0 bridgehead atoms. The van der Waals surface area contributed by atoms with Crippen LogP contribution in [0.25, 0.3) is 0 Å². The van der Waals surface area contributed by atoms with E-state index in [0.717, 1.165) is 7.11 Å². The Morgan fingerprint density at radius 1 is 1.60 bits per heavy atom. The maximum Gasteiger partial charge on any atom is 0.343 e. The SMILES string of the molecule is COC(=O)[C@]1(O)CO[C@H]([CH]O)[C@@H](O)[C@@H]1O. The molecule has 7 nitrogen and oxygen atoms in total. The number of carbonyl (C=O) groups excluding carboxylic acids is 1. The van der Waals surface area contributed by atoms with E-state index >= 15 is 0 Å². The number of methoxy groups -OCH3 is 1. The number of carbonyl (C=O) groups is 1. The van der Waals surface area contributed by atoms with Gasteiger partial charge in [0.1, 0.15) is 24.9 Å². The molecule has 1 saturated heterocycles. The molecule has 0 spiro atoms. The molecule has 0 amide bonds. The Hall–Kier alpha value is -0.730. The van der Waals surface area contributed by atoms with Crippen molar-refractivity contribution >= 4 is 5.97 Å². The lowest BCUT2D eigenvalue weighted by Gasteiger charge is -2.40. The van der Waals surface area contributed by atoms with Crippen molar-refractivity contribution in [1.29, 1.82) is 0 Å². The number of aliphatic hydroxyl groups is 4. The van der Waals surface area contributed by atoms with Gasteiger partial charge < -0.3 is 29.9 Å². The second-order valence-corrected chi connectivity index (χ2v) is 3.28. The van der Waals surface area contributed by atoms with E-state index in [1.165, 1.54) is 0 Å². The fourth-order valence-corrected chi connectivity index (χ4v) is 1.36. The summed E-state index contributed by atoms with van der Waals surface area (Å²) in [5, 5.41) is 37.2. The number of hydrogen-bond acceptors (Lipinski definition) is 7. The van der Waals surface area contributed by atoms with E-state index in [1.54, 1.807) is 0 Å². The third-order valence-corrected chi connectivity index (χ3v) is 2.33. The highest BCUT2D eigenvalue weighted by Gasteiger charge is 2.54. The molecule has 1 fully saturated rings. The van der Waals surface area contributed by atoms with Crippen LogP contribution in [0, 0.1) is 6.61 Å². The van der Waals surface area contributed by atoms with Crippen LogP contribution < -0.4 is 0 Å². The Balaban J connectivity index is 2.83. The molecule has 1 aliphatic heterocycles. The predicted octanol–water partition coefficient (Wildman–Crippen LogP) is -2.45. The van der Waals surface area contributed by atoms with E-state index in [2.05, 4.69) is 4.74 Å². The summed E-state index contributed by atoms with van der Waals surface area (Å²) in [6.07, 6.45) is -4.54. The number of hydrogen-bond donors (Lipinski definition) is 4. The molecule has 1 rings (SSSR count). The zero-order valence-corrected chi connectivity index (χ0v) is 8.03. The quantitative estimate of drug-likeness (QED) is 0.382. The Labute approximate surface area is 85.9 Å². The molecule has 1 aliphatic rings. The minimum Gasteiger partial charge on any atom is -0.467 e. The standard InChI is InChI=1S/C8H13O7/c1-14-7(12)8(13)3-15-4(2-9)5(10)6(8)11/h2,4-6,9-11,13H,3H2,1H3/t4-,5-,6+,8+/m1/s1. The fourth-order valence-electron chi connectivity index (χ4n) is 1.36. The highest BCUT2D eigenvalue weighted by atomic mass is 16.6. The topological polar surface area (TPSA) is 116 Å². The normalized spacial score (nSPS) is 41.3. The smallest absolute Gasteiger partial charge is 0.343 e. The molecule has 4 N–H and O–H groups in total. The summed E-state index contributed by atoms with van der Waals surface area (Å²) in [4.78, 5) is 11.1. The first-order chi connectivity index (χ1) is 6.97. The van der Waals surface area contributed by atoms with Crippen molar-refractivity contribution in [2.75, 3.05) is 13.7 Å². The van der Waals surface area contributed by atoms with Gasteiger partial charge >= 0.3 is 5.97 Å². The van der Waals surface area contributed by atoms with Crippen molar-refractivity contribution in [3.05, 3.63) is 6.61 Å². The van der Waals surface area contributed by atoms with Gasteiger partial charge in [-0.2, -0.15) is 0 Å². The summed E-state index contributed by atoms with van der Waals surface area (Å²) in [6, 6.07) is 0. The number of rotatable bonds is 2. The second-order valence-electron chi connectivity index (χ2n) is 3.28. The van der Waals surface area contributed by atoms with Crippen LogP contribution in [0.4, 0.5) is 0 Å².